The molecule has 1 aromatic heterocycles. The van der Waals surface area contributed by atoms with Gasteiger partial charge in [0.1, 0.15) is 5.75 Å². The molecule has 1 atom stereocenters. The van der Waals surface area contributed by atoms with E-state index in [-0.39, 0.29) is 24.6 Å². The van der Waals surface area contributed by atoms with Gasteiger partial charge in [-0.05, 0) is 57.2 Å². The van der Waals surface area contributed by atoms with Gasteiger partial charge in [-0.15, -0.1) is 11.7 Å². The third kappa shape index (κ3) is 9.23. The summed E-state index contributed by atoms with van der Waals surface area (Å²) in [7, 11) is 0. The molecule has 1 fully saturated rings. The third-order valence-electron chi connectivity index (χ3n) is 6.44. The van der Waals surface area contributed by atoms with Gasteiger partial charge in [-0.25, -0.2) is 4.68 Å². The van der Waals surface area contributed by atoms with Crippen molar-refractivity contribution in [3.05, 3.63) is 60.5 Å². The summed E-state index contributed by atoms with van der Waals surface area (Å²) in [5, 5.41) is 14.4. The second kappa shape index (κ2) is 16.2. The van der Waals surface area contributed by atoms with E-state index in [2.05, 4.69) is 34.4 Å². The Bertz CT molecular complexity index is 1230. The number of benzene rings is 1. The van der Waals surface area contributed by atoms with E-state index in [0.717, 1.165) is 31.4 Å². The van der Waals surface area contributed by atoms with Gasteiger partial charge in [0.2, 0.25) is 12.7 Å². The van der Waals surface area contributed by atoms with E-state index in [0.29, 0.717) is 54.6 Å². The summed E-state index contributed by atoms with van der Waals surface area (Å²) in [4.78, 5) is 25.2. The number of unbranched alkanes of at least 4 members (excludes halogenated alkanes) is 1. The van der Waals surface area contributed by atoms with Crippen LogP contribution >= 0.6 is 0 Å². The smallest absolute Gasteiger partial charge is 0.273 e. The van der Waals surface area contributed by atoms with Crippen LogP contribution in [0.5, 0.6) is 17.2 Å². The number of rotatable bonds is 15. The average molecular weight is 566 g/mol. The maximum Gasteiger partial charge on any atom is 0.273 e. The number of fused-ring (bicyclic) bond motifs is 1. The molecule has 222 valence electrons. The molecule has 0 radical (unpaired) electrons. The van der Waals surface area contributed by atoms with Crippen LogP contribution in [0.25, 0.3) is 5.70 Å². The minimum absolute atomic E-state index is 0.0799. The van der Waals surface area contributed by atoms with Gasteiger partial charge in [-0.1, -0.05) is 50.6 Å². The molecule has 2 amide bonds. The fourth-order valence-electron chi connectivity index (χ4n) is 4.03. The van der Waals surface area contributed by atoms with Gasteiger partial charge < -0.3 is 24.8 Å². The highest BCUT2D eigenvalue weighted by Crippen LogP contribution is 2.35. The molecule has 0 bridgehead atoms. The van der Waals surface area contributed by atoms with E-state index in [1.54, 1.807) is 22.9 Å². The number of amides is 2. The summed E-state index contributed by atoms with van der Waals surface area (Å²) < 4.78 is 18.3. The maximum atomic E-state index is 12.9. The van der Waals surface area contributed by atoms with Crippen molar-refractivity contribution in [2.24, 2.45) is 5.92 Å². The molecule has 10 heteroatoms. The third-order valence-corrected chi connectivity index (χ3v) is 6.44. The van der Waals surface area contributed by atoms with Crippen LogP contribution in [-0.2, 0) is 11.2 Å². The number of hydrogen-bond donors (Lipinski definition) is 2. The van der Waals surface area contributed by atoms with Crippen LogP contribution in [0.4, 0.5) is 0 Å². The van der Waals surface area contributed by atoms with Gasteiger partial charge in [0.15, 0.2) is 17.2 Å². The molecule has 1 aromatic carbocycles. The van der Waals surface area contributed by atoms with Crippen molar-refractivity contribution in [2.45, 2.75) is 72.3 Å². The lowest BCUT2D eigenvalue weighted by Crippen LogP contribution is -2.29. The van der Waals surface area contributed by atoms with Gasteiger partial charge in [0.25, 0.3) is 5.91 Å². The number of aromatic nitrogens is 3. The van der Waals surface area contributed by atoms with E-state index in [9.17, 15) is 9.59 Å². The van der Waals surface area contributed by atoms with Gasteiger partial charge >= 0.3 is 0 Å². The van der Waals surface area contributed by atoms with E-state index in [1.165, 1.54) is 0 Å². The molecule has 4 rings (SSSR count). The molecule has 1 aliphatic carbocycles. The normalized spacial score (nSPS) is 14.7. The molecule has 2 aliphatic rings. The van der Waals surface area contributed by atoms with E-state index >= 15 is 0 Å². The van der Waals surface area contributed by atoms with Crippen molar-refractivity contribution in [3.63, 3.8) is 0 Å². The minimum atomic E-state index is -0.436. The Hall–Kier alpha value is -4.08. The maximum absolute atomic E-state index is 12.9. The number of nitrogens with one attached hydrogen (secondary N) is 2. The van der Waals surface area contributed by atoms with Gasteiger partial charge in [0.05, 0.1) is 18.2 Å². The fraction of sp³-hybridized carbons (Fsp3) is 0.484. The van der Waals surface area contributed by atoms with Gasteiger partial charge in [-0.2, -0.15) is 0 Å². The van der Waals surface area contributed by atoms with E-state index in [1.807, 2.05) is 45.0 Å². The molecule has 0 spiro atoms. The van der Waals surface area contributed by atoms with Crippen molar-refractivity contribution < 1.29 is 23.8 Å². The monoisotopic (exact) mass is 565 g/mol. The Morgan fingerprint density at radius 2 is 2.00 bits per heavy atom. The first-order valence-electron chi connectivity index (χ1n) is 14.5. The lowest BCUT2D eigenvalue weighted by molar-refractivity contribution is -0.122. The molecular weight excluding hydrogens is 522 g/mol. The summed E-state index contributed by atoms with van der Waals surface area (Å²) in [5.41, 5.74) is 1.80. The summed E-state index contributed by atoms with van der Waals surface area (Å²) >= 11 is 0. The SMILES string of the molecule is C=CC(C=C/C=C(\C)n1nnc(C(=O)NC2CC2)c1CCCOc1ccc2c(c1)OCO2)C(=O)NCCCC.CC. The van der Waals surface area contributed by atoms with E-state index in [4.69, 9.17) is 14.2 Å². The molecule has 0 saturated heterocycles. The molecular formula is C31H43N5O5. The van der Waals surface area contributed by atoms with Crippen LogP contribution in [0.1, 0.15) is 76.0 Å². The molecule has 10 nitrogen and oxygen atoms in total. The second-order valence-electron chi connectivity index (χ2n) is 9.61. The summed E-state index contributed by atoms with van der Waals surface area (Å²) in [6.45, 7) is 13.0. The molecule has 2 aromatic rings. The van der Waals surface area contributed by atoms with Gasteiger partial charge in [-0.3, -0.25) is 9.59 Å². The van der Waals surface area contributed by atoms with Crippen LogP contribution in [0.15, 0.2) is 49.1 Å². The van der Waals surface area contributed by atoms with Crippen LogP contribution in [-0.4, -0.2) is 52.8 Å². The topological polar surface area (TPSA) is 117 Å². The van der Waals surface area contributed by atoms with Crippen LogP contribution in [0.2, 0.25) is 0 Å². The first kappa shape index (κ1) is 31.4. The Kier molecular flexibility index (Phi) is 12.5. The molecule has 1 aliphatic heterocycles. The van der Waals surface area contributed by atoms with Gasteiger partial charge in [0, 0.05) is 24.4 Å². The number of carbonyl (C=O) groups is 2. The Morgan fingerprint density at radius 3 is 2.73 bits per heavy atom. The quantitative estimate of drug-likeness (QED) is 0.176. The first-order chi connectivity index (χ1) is 20.0. The lowest BCUT2D eigenvalue weighted by Gasteiger charge is -2.10. The standard InChI is InChI=1S/C29H37N5O5.C2H6/c1-4-6-16-30-28(35)21(5-2)10-7-9-20(3)34-24(27(32-33-34)29(36)31-22-12-13-22)11-8-17-37-23-14-15-25-26(18-23)39-19-38-25;1-2/h5,7,9-10,14-15,18,21-22H,2,4,6,8,11-13,16-17,19H2,1,3H3,(H,30,35)(H,31,36);1-2H3/b10-7?,20-9+;. The van der Waals surface area contributed by atoms with Crippen LogP contribution in [0.3, 0.4) is 0 Å². The summed E-state index contributed by atoms with van der Waals surface area (Å²) in [6.07, 6.45) is 12.2. The summed E-state index contributed by atoms with van der Waals surface area (Å²) in [6, 6.07) is 5.68. The fourth-order valence-corrected chi connectivity index (χ4v) is 4.03. The molecule has 1 unspecified atom stereocenters. The second-order valence-corrected chi connectivity index (χ2v) is 9.61. The number of hydrogen-bond acceptors (Lipinski definition) is 7. The van der Waals surface area contributed by atoms with E-state index < -0.39 is 5.92 Å². The molecule has 1 saturated carbocycles. The number of ether oxygens (including phenoxy) is 3. The highest BCUT2D eigenvalue weighted by molar-refractivity contribution is 5.94. The number of carbonyl (C=O) groups excluding carboxylic acids is 2. The zero-order chi connectivity index (χ0) is 29.6. The average Bonchev–Trinajstić information content (AvgIpc) is 3.50. The molecule has 2 N–H and O–H groups in total. The molecule has 41 heavy (non-hydrogen) atoms. The number of nitrogens with zero attached hydrogens (tertiary/aromatic N) is 3. The van der Waals surface area contributed by atoms with Crippen molar-refractivity contribution in [2.75, 3.05) is 19.9 Å². The number of allylic oxidation sites excluding steroid dienone is 3. The van der Waals surface area contributed by atoms with Crippen LogP contribution in [0, 0.1) is 5.92 Å². The highest BCUT2D eigenvalue weighted by Gasteiger charge is 2.27. The van der Waals surface area contributed by atoms with Crippen molar-refractivity contribution in [1.82, 2.24) is 25.6 Å². The largest absolute Gasteiger partial charge is 0.493 e. The van der Waals surface area contributed by atoms with Crippen LogP contribution < -0.4 is 24.8 Å². The predicted molar refractivity (Wildman–Crippen MR) is 159 cm³/mol. The Labute approximate surface area is 242 Å². The zero-order valence-corrected chi connectivity index (χ0v) is 24.7. The minimum Gasteiger partial charge on any atom is -0.493 e. The van der Waals surface area contributed by atoms with Crippen molar-refractivity contribution >= 4 is 17.5 Å². The molecule has 2 heterocycles. The first-order valence-corrected chi connectivity index (χ1v) is 14.5. The highest BCUT2D eigenvalue weighted by atomic mass is 16.7. The lowest BCUT2D eigenvalue weighted by atomic mass is 10.1. The summed E-state index contributed by atoms with van der Waals surface area (Å²) in [5.74, 6) is 1.33. The zero-order valence-electron chi connectivity index (χ0n) is 24.7. The van der Waals surface area contributed by atoms with Crippen molar-refractivity contribution in [1.29, 1.82) is 0 Å². The Morgan fingerprint density at radius 1 is 1.22 bits per heavy atom. The Balaban J connectivity index is 0.00000226. The predicted octanol–water partition coefficient (Wildman–Crippen LogP) is 5.07. The van der Waals surface area contributed by atoms with Crippen molar-refractivity contribution in [3.8, 4) is 17.2 Å².